The summed E-state index contributed by atoms with van der Waals surface area (Å²) in [5, 5.41) is 12.3. The number of pyridine rings is 5. The van der Waals surface area contributed by atoms with E-state index in [1.165, 1.54) is 59.1 Å². The van der Waals surface area contributed by atoms with Crippen molar-refractivity contribution in [3.05, 3.63) is 257 Å². The van der Waals surface area contributed by atoms with Gasteiger partial charge in [-0.05, 0) is 167 Å². The predicted octanol–water partition coefficient (Wildman–Crippen LogP) is 22.1. The molecule has 15 N–H and O–H groups in total. The maximum Gasteiger partial charge on any atom is 0.168 e. The third-order valence-corrected chi connectivity index (χ3v) is 25.1. The number of aromatic nitrogens is 15. The van der Waals surface area contributed by atoms with E-state index in [-0.39, 0.29) is 0 Å². The summed E-state index contributed by atoms with van der Waals surface area (Å²) in [6, 6.07) is 67.5. The normalized spacial score (nSPS) is 11.5. The number of rotatable bonds is 38. The third-order valence-electron chi connectivity index (χ3n) is 25.1. The molecule has 0 amide bonds. The number of imidazole rings is 5. The molecule has 24 nitrogen and oxygen atoms in total. The number of anilines is 5. The highest BCUT2D eigenvalue weighted by molar-refractivity contribution is 6.10. The van der Waals surface area contributed by atoms with Crippen LogP contribution in [0.1, 0.15) is 221 Å². The fourth-order valence-electron chi connectivity index (χ4n) is 17.9. The number of aryl methyl sites for hydroxylation is 9. The van der Waals surface area contributed by atoms with E-state index < -0.39 is 0 Å². The number of hydrogen-bond donors (Lipinski definition) is 9. The second-order valence-electron chi connectivity index (χ2n) is 34.9. The molecular weight excluding hydrogens is 1650 g/mol. The van der Waals surface area contributed by atoms with Crippen molar-refractivity contribution in [2.24, 2.45) is 11.6 Å². The Morgan fingerprint density at radius 2 is 0.549 bits per heavy atom. The van der Waals surface area contributed by atoms with Gasteiger partial charge in [0.15, 0.2) is 29.1 Å². The maximum absolute atomic E-state index is 6.29. The molecule has 0 atom stereocenters. The first kappa shape index (κ1) is 96.1. The summed E-state index contributed by atoms with van der Waals surface area (Å²) in [5.41, 5.74) is 55.6. The molecule has 0 radical (unpaired) electrons. The fraction of sp³-hybridized carbons (Fsp3) is 0.376. The Hall–Kier alpha value is -13.0. The molecule has 0 aliphatic carbocycles. The van der Waals surface area contributed by atoms with Crippen LogP contribution in [0.15, 0.2) is 194 Å². The van der Waals surface area contributed by atoms with Crippen molar-refractivity contribution in [3.8, 4) is 0 Å². The largest absolute Gasteiger partial charge is 0.382 e. The van der Waals surface area contributed by atoms with Crippen LogP contribution in [0, 0.1) is 0 Å². The molecule has 133 heavy (non-hydrogen) atoms. The monoisotopic (exact) mass is 1780 g/mol. The highest BCUT2D eigenvalue weighted by atomic mass is 15.3. The Morgan fingerprint density at radius 1 is 0.278 bits per heavy atom. The highest BCUT2D eigenvalue weighted by Gasteiger charge is 2.24. The average Bonchev–Trinajstić information content (AvgIpc) is 1.62. The Kier molecular flexibility index (Phi) is 34.2. The van der Waals surface area contributed by atoms with E-state index in [9.17, 15) is 0 Å². The van der Waals surface area contributed by atoms with Crippen LogP contribution in [-0.4, -0.2) is 99.4 Å². The lowest BCUT2D eigenvalue weighted by Crippen LogP contribution is -2.17. The van der Waals surface area contributed by atoms with Crippen LogP contribution < -0.4 is 50.6 Å². The molecule has 0 unspecified atom stereocenters. The smallest absolute Gasteiger partial charge is 0.168 e. The van der Waals surface area contributed by atoms with Gasteiger partial charge in [-0.3, -0.25) is 0 Å². The van der Waals surface area contributed by atoms with E-state index in [2.05, 4.69) is 247 Å². The van der Waals surface area contributed by atoms with E-state index in [0.717, 1.165) is 320 Å². The van der Waals surface area contributed by atoms with Gasteiger partial charge in [0.2, 0.25) is 0 Å². The summed E-state index contributed by atoms with van der Waals surface area (Å²) in [7, 11) is 1.97. The predicted molar refractivity (Wildman–Crippen MR) is 557 cm³/mol. The van der Waals surface area contributed by atoms with E-state index in [1.54, 1.807) is 0 Å². The third kappa shape index (κ3) is 22.9. The van der Waals surface area contributed by atoms with Crippen molar-refractivity contribution in [2.75, 3.05) is 55.0 Å². The number of nitrogen functional groups attached to an aromatic ring is 5. The molecule has 0 saturated heterocycles. The van der Waals surface area contributed by atoms with Crippen molar-refractivity contribution < 1.29 is 0 Å². The van der Waals surface area contributed by atoms with Crippen LogP contribution >= 0.6 is 0 Å². The molecular formula is C109H138N24. The minimum absolute atomic E-state index is 0.509. The molecule has 0 aliphatic rings. The van der Waals surface area contributed by atoms with Gasteiger partial charge in [0, 0.05) is 98.3 Å². The zero-order valence-corrected chi connectivity index (χ0v) is 79.8. The molecule has 694 valence electrons. The zero-order chi connectivity index (χ0) is 93.1. The summed E-state index contributed by atoms with van der Waals surface area (Å²) in [6.45, 7) is 25.7. The van der Waals surface area contributed by atoms with Crippen LogP contribution in [0.4, 0.5) is 29.1 Å². The SMILES string of the molecule is CCCCNCCCCn1c(CCCC)nc2c(N)nc3ccccc3c21.CCCCc1nc2c(N)nc3ccccc3c2n1CCCCN.CCCCc1nc2c(N)nc3ccccc3c2n1Cc1ccc(CC)cc1.CCCCc1nc2c(N)nc3ccccc3c2n1Cc1ccc(CNC)cc1.CCCCc1nc2c(NN)nc3ccccc3c2n1Cc1ccc(CC)cc1. The van der Waals surface area contributed by atoms with Crippen molar-refractivity contribution in [1.29, 1.82) is 0 Å². The van der Waals surface area contributed by atoms with Crippen LogP contribution in [0.3, 0.4) is 0 Å². The minimum atomic E-state index is 0.509. The summed E-state index contributed by atoms with van der Waals surface area (Å²) in [4.78, 5) is 47.4. The van der Waals surface area contributed by atoms with Crippen LogP contribution in [0.5, 0.6) is 0 Å². The van der Waals surface area contributed by atoms with Crippen LogP contribution in [0.2, 0.25) is 0 Å². The van der Waals surface area contributed by atoms with Gasteiger partial charge in [0.05, 0.1) is 55.2 Å². The first-order valence-electron chi connectivity index (χ1n) is 48.8. The summed E-state index contributed by atoms with van der Waals surface area (Å²) in [6.07, 6.45) is 25.1. The van der Waals surface area contributed by atoms with E-state index in [4.69, 9.17) is 59.4 Å². The lowest BCUT2D eigenvalue weighted by molar-refractivity contribution is 0.552. The first-order chi connectivity index (χ1) is 65.2. The van der Waals surface area contributed by atoms with E-state index in [0.29, 0.717) is 29.1 Å². The average molecular weight is 1780 g/mol. The van der Waals surface area contributed by atoms with Gasteiger partial charge < -0.3 is 67.6 Å². The fourth-order valence-corrected chi connectivity index (χ4v) is 17.9. The number of nitrogens with two attached hydrogens (primary N) is 6. The number of para-hydroxylation sites is 5. The molecule has 10 aromatic heterocycles. The zero-order valence-electron chi connectivity index (χ0n) is 79.8. The lowest BCUT2D eigenvalue weighted by Gasteiger charge is -2.12. The standard InChI is InChI=1S/2C23H27N5.C23H26N4.C22H33N5.C18H25N5/c1-3-4-9-20-27-21-22(18-7-5-6-8-19(18)26-23(21)24)28(20)15-17-12-10-16(11-13-17)14-25-2;1-3-5-10-20-26-21-22(18-8-6-7-9-19(18)25-23(21)27-24)28(20)15-17-13-11-16(4-2)12-14-17;1-3-5-10-20-26-21-22(18-8-6-7-9-19(18)25-23(21)24)27(20)15-17-13-11-16(4-2)12-14-17;1-3-5-13-19-26-20-21(17-11-7-8-12-18(17)25-22(20)23)27(19)16-10-9-15-24-14-6-4-2;1-2-3-10-15-22-16-17(23(15)12-7-6-11-19)13-8-4-5-9-14(13)21-18(16)20/h5-8,10-13,25H,3-4,9,14-15H2,1-2H3,(H2,24,26);6-9,11-14H,3-5,10,15,24H2,1-2H3,(H,25,27);6-9,11-14H,3-5,10,15H2,1-2H3,(H2,24,25);7-8,11-12,24H,3-6,9-10,13-16H2,1-2H3,(H2,23,25);4-5,8-9H,2-3,6-7,10-12,19H2,1H3,(H2,20,21). The first-order valence-corrected chi connectivity index (χ1v) is 48.8. The molecule has 8 aromatic carbocycles. The van der Waals surface area contributed by atoms with Gasteiger partial charge >= 0.3 is 0 Å². The summed E-state index contributed by atoms with van der Waals surface area (Å²) >= 11 is 0. The number of benzene rings is 8. The molecule has 18 rings (SSSR count). The van der Waals surface area contributed by atoms with Crippen LogP contribution in [-0.2, 0) is 84.2 Å². The van der Waals surface area contributed by atoms with Crippen molar-refractivity contribution in [2.45, 2.75) is 242 Å². The molecule has 10 heterocycles. The number of nitrogens with zero attached hydrogens (tertiary/aromatic N) is 15. The van der Waals surface area contributed by atoms with Gasteiger partial charge in [-0.15, -0.1) is 0 Å². The molecule has 0 bridgehead atoms. The molecule has 24 heteroatoms. The second kappa shape index (κ2) is 47.4. The molecule has 0 saturated carbocycles. The van der Waals surface area contributed by atoms with Crippen LogP contribution in [0.25, 0.3) is 110 Å². The van der Waals surface area contributed by atoms with E-state index >= 15 is 0 Å². The van der Waals surface area contributed by atoms with Crippen molar-refractivity contribution in [3.63, 3.8) is 0 Å². The van der Waals surface area contributed by atoms with Gasteiger partial charge in [0.1, 0.15) is 56.7 Å². The number of unbranched alkanes of at least 4 members (excludes halogenated alkanes) is 8. The minimum Gasteiger partial charge on any atom is -0.382 e. The quantitative estimate of drug-likeness (QED) is 0.00986. The molecule has 18 aromatic rings. The summed E-state index contributed by atoms with van der Waals surface area (Å²) in [5.74, 6) is 14.0. The lowest BCUT2D eigenvalue weighted by atomic mass is 10.1. The van der Waals surface area contributed by atoms with Gasteiger partial charge in [-0.2, -0.15) is 0 Å². The Balaban J connectivity index is 0.000000134. The van der Waals surface area contributed by atoms with Crippen molar-refractivity contribution >= 4 is 139 Å². The molecule has 0 fully saturated rings. The topological polar surface area (TPSA) is 346 Å². The second-order valence-corrected chi connectivity index (χ2v) is 34.9. The van der Waals surface area contributed by atoms with Gasteiger partial charge in [-0.25, -0.2) is 55.7 Å². The number of nitrogens with one attached hydrogen (secondary N) is 3. The summed E-state index contributed by atoms with van der Waals surface area (Å²) < 4.78 is 11.7. The number of hydrogen-bond acceptors (Lipinski definition) is 19. The van der Waals surface area contributed by atoms with E-state index in [1.807, 2.05) is 73.8 Å². The maximum atomic E-state index is 6.29. The van der Waals surface area contributed by atoms with Crippen molar-refractivity contribution in [1.82, 2.24) is 83.3 Å². The molecule has 0 spiro atoms. The Bertz CT molecular complexity index is 6840. The van der Waals surface area contributed by atoms with Gasteiger partial charge in [-0.1, -0.05) is 258 Å². The highest BCUT2D eigenvalue weighted by Crippen LogP contribution is 2.37. The molecule has 0 aliphatic heterocycles. The Labute approximate surface area is 783 Å². The number of fused-ring (bicyclic) bond motifs is 15. The van der Waals surface area contributed by atoms with Gasteiger partial charge in [0.25, 0.3) is 0 Å². The Morgan fingerprint density at radius 3 is 0.857 bits per heavy atom. The number of hydrazine groups is 1.